The number of carboxylic acids is 1. The lowest BCUT2D eigenvalue weighted by molar-refractivity contribution is -0.922. The minimum atomic E-state index is -4.76. The highest BCUT2D eigenvalue weighted by atomic mass is 35.5. The molecule has 0 atom stereocenters. The van der Waals surface area contributed by atoms with Gasteiger partial charge in [-0.1, -0.05) is 11.6 Å². The highest BCUT2D eigenvalue weighted by molar-refractivity contribution is 6.34. The van der Waals surface area contributed by atoms with E-state index in [2.05, 4.69) is 30.7 Å². The normalized spacial score (nSPS) is 13.3. The van der Waals surface area contributed by atoms with E-state index < -0.39 is 23.7 Å². The summed E-state index contributed by atoms with van der Waals surface area (Å²) in [5.41, 5.74) is 16.9. The number of nitrogens with one attached hydrogen (secondary N) is 3. The number of hydrogen-bond donors (Lipinski definition) is 7. The molecule has 0 unspecified atom stereocenters. The van der Waals surface area contributed by atoms with Crippen LogP contribution < -0.4 is 27.8 Å². The highest BCUT2D eigenvalue weighted by Gasteiger charge is 2.38. The number of imidazole rings is 1. The molecule has 1 fully saturated rings. The fraction of sp³-hybridized carbons (Fsp3) is 0.488. The van der Waals surface area contributed by atoms with Crippen LogP contribution in [-0.2, 0) is 22.2 Å². The first kappa shape index (κ1) is 48.4. The van der Waals surface area contributed by atoms with E-state index in [1.54, 1.807) is 15.9 Å². The molecule has 0 aliphatic carbocycles. The number of unbranched alkanes of at least 4 members (excludes halogenated alkanes) is 2. The standard InChI is InChI=1S/C41H55ClF3N13O5/c42-33-23-29(53-39(62)38-51-25-31(52-38)22-28-26-57(54-37(28)41(43,44)45)34-10-8-30(24-50-34)49-14-13-48)7-9-32(33)40(63)56-17-15-55(16-18-56)35(59)6-5-21-58(27-36(60)61,19-3-1-11-46)20-4-2-12-47/h7-10,23-26,49H,1-6,11-22,27,46-48H2,(H2-,51,52,53,60,61,62,63)/p+1. The number of piperazine rings is 1. The van der Waals surface area contributed by atoms with Crippen LogP contribution in [0.5, 0.6) is 0 Å². The van der Waals surface area contributed by atoms with Gasteiger partial charge >= 0.3 is 12.1 Å². The SMILES string of the molecule is NCCCC[N+](CCCCN)(CCCC(=O)N1CCN(C(=O)c2ccc(NC(=O)c3ncc(Cc4cn(-c5ccc(NCCN)cn5)nc4C(F)(F)F)[nH]3)cc2Cl)CC1)CC(=O)O. The molecule has 63 heavy (non-hydrogen) atoms. The minimum Gasteiger partial charge on any atom is -0.477 e. The Balaban J connectivity index is 1.13. The average molecular weight is 903 g/mol. The van der Waals surface area contributed by atoms with E-state index >= 15 is 0 Å². The fourth-order valence-corrected chi connectivity index (χ4v) is 7.82. The summed E-state index contributed by atoms with van der Waals surface area (Å²) in [6.45, 7) is 5.00. The zero-order valence-electron chi connectivity index (χ0n) is 35.0. The topological polar surface area (TPSA) is 256 Å². The first-order valence-corrected chi connectivity index (χ1v) is 21.3. The monoisotopic (exact) mass is 902 g/mol. The van der Waals surface area contributed by atoms with Crippen LogP contribution in [0.4, 0.5) is 24.5 Å². The second-order valence-corrected chi connectivity index (χ2v) is 15.9. The second-order valence-electron chi connectivity index (χ2n) is 15.5. The molecule has 1 aliphatic rings. The quantitative estimate of drug-likeness (QED) is 0.0418. The predicted molar refractivity (Wildman–Crippen MR) is 230 cm³/mol. The summed E-state index contributed by atoms with van der Waals surface area (Å²) in [6.07, 6.45) is 2.87. The lowest BCUT2D eigenvalue weighted by atomic mass is 10.1. The van der Waals surface area contributed by atoms with Gasteiger partial charge in [-0.25, -0.2) is 19.4 Å². The Morgan fingerprint density at radius 3 is 2.13 bits per heavy atom. The molecule has 342 valence electrons. The molecule has 1 aromatic carbocycles. The summed E-state index contributed by atoms with van der Waals surface area (Å²) in [6, 6.07) is 7.55. The predicted octanol–water partition coefficient (Wildman–Crippen LogP) is 3.32. The van der Waals surface area contributed by atoms with Gasteiger partial charge in [0.15, 0.2) is 23.9 Å². The number of anilines is 2. The molecule has 22 heteroatoms. The molecule has 0 radical (unpaired) electrons. The van der Waals surface area contributed by atoms with Crippen LogP contribution in [0.1, 0.15) is 76.5 Å². The molecular formula is C41H56ClF3N13O5+. The fourth-order valence-electron chi connectivity index (χ4n) is 7.56. The van der Waals surface area contributed by atoms with Crippen molar-refractivity contribution in [1.82, 2.24) is 34.5 Å². The van der Waals surface area contributed by atoms with Crippen LogP contribution >= 0.6 is 11.6 Å². The Hall–Kier alpha value is -5.61. The third-order valence-corrected chi connectivity index (χ3v) is 11.1. The van der Waals surface area contributed by atoms with Gasteiger partial charge in [0.2, 0.25) is 5.91 Å². The lowest BCUT2D eigenvalue weighted by Gasteiger charge is -2.38. The van der Waals surface area contributed by atoms with Gasteiger partial charge in [0.25, 0.3) is 11.8 Å². The molecule has 18 nitrogen and oxygen atoms in total. The summed E-state index contributed by atoms with van der Waals surface area (Å²) in [5.74, 6) is -1.98. The van der Waals surface area contributed by atoms with Crippen molar-refractivity contribution in [2.45, 2.75) is 51.1 Å². The molecule has 5 rings (SSSR count). The van der Waals surface area contributed by atoms with E-state index in [-0.39, 0.29) is 83.5 Å². The number of benzene rings is 1. The largest absolute Gasteiger partial charge is 0.477 e. The third kappa shape index (κ3) is 13.7. The molecule has 1 saturated heterocycles. The molecule has 10 N–H and O–H groups in total. The number of carboxylic acid groups (broad SMARTS) is 1. The Morgan fingerprint density at radius 1 is 0.857 bits per heavy atom. The molecule has 0 saturated carbocycles. The summed E-state index contributed by atoms with van der Waals surface area (Å²) in [5, 5.41) is 19.2. The summed E-state index contributed by atoms with van der Waals surface area (Å²) in [4.78, 5) is 66.0. The number of nitrogens with two attached hydrogens (primary N) is 3. The van der Waals surface area contributed by atoms with E-state index in [0.717, 1.165) is 30.4 Å². The van der Waals surface area contributed by atoms with Crippen molar-refractivity contribution in [1.29, 1.82) is 0 Å². The summed E-state index contributed by atoms with van der Waals surface area (Å²) < 4.78 is 43.4. The van der Waals surface area contributed by atoms with Crippen LogP contribution in [0.25, 0.3) is 5.82 Å². The smallest absolute Gasteiger partial charge is 0.435 e. The van der Waals surface area contributed by atoms with Crippen molar-refractivity contribution in [3.05, 3.63) is 82.3 Å². The number of H-pyrrole nitrogens is 1. The number of pyridine rings is 1. The number of carbonyl (C=O) groups is 4. The van der Waals surface area contributed by atoms with Gasteiger partial charge in [-0.15, -0.1) is 0 Å². The van der Waals surface area contributed by atoms with Crippen molar-refractivity contribution in [2.75, 3.05) is 89.2 Å². The molecule has 1 aliphatic heterocycles. The molecule has 3 aromatic heterocycles. The zero-order valence-corrected chi connectivity index (χ0v) is 35.8. The van der Waals surface area contributed by atoms with E-state index in [9.17, 15) is 37.5 Å². The zero-order chi connectivity index (χ0) is 45.6. The highest BCUT2D eigenvalue weighted by Crippen LogP contribution is 2.32. The number of aromatic amines is 1. The molecule has 4 heterocycles. The van der Waals surface area contributed by atoms with Crippen molar-refractivity contribution in [3.8, 4) is 5.82 Å². The number of aromatic nitrogens is 5. The van der Waals surface area contributed by atoms with Crippen LogP contribution in [0, 0.1) is 0 Å². The van der Waals surface area contributed by atoms with Gasteiger partial charge in [0, 0.05) is 87.9 Å². The van der Waals surface area contributed by atoms with Crippen LogP contribution in [0.15, 0.2) is 48.9 Å². The number of alkyl halides is 3. The lowest BCUT2D eigenvalue weighted by Crippen LogP contribution is -2.54. The maximum absolute atomic E-state index is 14.0. The number of halogens is 4. The second kappa shape index (κ2) is 22.7. The van der Waals surface area contributed by atoms with Crippen LogP contribution in [-0.4, -0.2) is 146 Å². The van der Waals surface area contributed by atoms with Crippen molar-refractivity contribution < 1.29 is 41.9 Å². The number of nitrogens with zero attached hydrogens (tertiary/aromatic N) is 7. The molecular weight excluding hydrogens is 847 g/mol. The number of amides is 3. The summed E-state index contributed by atoms with van der Waals surface area (Å²) in [7, 11) is 0. The van der Waals surface area contributed by atoms with Crippen molar-refractivity contribution in [3.63, 3.8) is 0 Å². The van der Waals surface area contributed by atoms with Gasteiger partial charge in [0.05, 0.1) is 42.1 Å². The average Bonchev–Trinajstić information content (AvgIpc) is 3.91. The molecule has 0 bridgehead atoms. The van der Waals surface area contributed by atoms with Crippen molar-refractivity contribution >= 4 is 46.7 Å². The van der Waals surface area contributed by atoms with Crippen molar-refractivity contribution in [2.24, 2.45) is 17.2 Å². The van der Waals surface area contributed by atoms with E-state index in [0.29, 0.717) is 75.5 Å². The number of quaternary nitrogens is 1. The van der Waals surface area contributed by atoms with E-state index in [4.69, 9.17) is 28.8 Å². The minimum absolute atomic E-state index is 0.0256. The van der Waals surface area contributed by atoms with E-state index in [1.807, 2.05) is 0 Å². The van der Waals surface area contributed by atoms with Gasteiger partial charge in [-0.2, -0.15) is 18.3 Å². The Morgan fingerprint density at radius 2 is 1.52 bits per heavy atom. The number of hydrogen-bond acceptors (Lipinski definition) is 11. The maximum Gasteiger partial charge on any atom is 0.435 e. The van der Waals surface area contributed by atoms with Gasteiger partial charge in [-0.05, 0) is 69.1 Å². The first-order chi connectivity index (χ1) is 30.1. The molecule has 0 spiro atoms. The number of aliphatic carboxylic acids is 1. The Labute approximate surface area is 367 Å². The summed E-state index contributed by atoms with van der Waals surface area (Å²) >= 11 is 6.53. The van der Waals surface area contributed by atoms with E-state index in [1.165, 1.54) is 42.9 Å². The third-order valence-electron chi connectivity index (χ3n) is 10.8. The molecule has 4 aromatic rings. The van der Waals surface area contributed by atoms with Crippen LogP contribution in [0.2, 0.25) is 5.02 Å². The van der Waals surface area contributed by atoms with Gasteiger partial charge < -0.3 is 52.2 Å². The molecule has 3 amide bonds. The van der Waals surface area contributed by atoms with Gasteiger partial charge in [-0.3, -0.25) is 14.4 Å². The van der Waals surface area contributed by atoms with Gasteiger partial charge in [0.1, 0.15) is 0 Å². The Kier molecular flexibility index (Phi) is 17.4. The first-order valence-electron chi connectivity index (χ1n) is 20.9. The number of carbonyl (C=O) groups excluding carboxylic acids is 3. The number of rotatable bonds is 23. The maximum atomic E-state index is 14.0. The van der Waals surface area contributed by atoms with Crippen LogP contribution in [0.3, 0.4) is 0 Å². The Bertz CT molecular complexity index is 2150.